The van der Waals surface area contributed by atoms with Crippen LogP contribution in [0.1, 0.15) is 113 Å². The van der Waals surface area contributed by atoms with Gasteiger partial charge >= 0.3 is 11.9 Å². The molecule has 0 saturated heterocycles. The van der Waals surface area contributed by atoms with Gasteiger partial charge in [-0.1, -0.05) is 27.7 Å². The second kappa shape index (κ2) is 31.3. The lowest BCUT2D eigenvalue weighted by Crippen LogP contribution is -2.48. The van der Waals surface area contributed by atoms with Gasteiger partial charge in [0, 0.05) is 58.2 Å². The molecule has 60 heavy (non-hydrogen) atoms. The highest BCUT2D eigenvalue weighted by atomic mass is 31.0. The first-order chi connectivity index (χ1) is 28.1. The number of unbranched alkanes of at least 4 members (excludes halogenated alkanes) is 1. The number of ether oxygens (including phenoxy) is 4. The Labute approximate surface area is 364 Å². The van der Waals surface area contributed by atoms with Crippen molar-refractivity contribution in [3.8, 4) is 0 Å². The smallest absolute Gasteiger partial charge is 0.323 e. The fraction of sp³-hybridized carbons (Fsp3) is 0.857. The van der Waals surface area contributed by atoms with Crippen LogP contribution in [0.5, 0.6) is 0 Å². The van der Waals surface area contributed by atoms with Crippen molar-refractivity contribution in [1.29, 1.82) is 0 Å². The number of esters is 2. The Morgan fingerprint density at radius 1 is 0.700 bits per heavy atom. The van der Waals surface area contributed by atoms with E-state index in [4.69, 9.17) is 18.9 Å². The fourth-order valence-electron chi connectivity index (χ4n) is 6.12. The fourth-order valence-corrected chi connectivity index (χ4v) is 6.24. The maximum absolute atomic E-state index is 13.4. The van der Waals surface area contributed by atoms with E-state index < -0.39 is 28.9 Å². The summed E-state index contributed by atoms with van der Waals surface area (Å²) in [5.74, 6) is -3.58. The number of likely N-dealkylation sites (N-methyl/N-ethyl adjacent to an activating group) is 3. The molecule has 0 aromatic rings. The molecule has 347 valence electrons. The minimum atomic E-state index is -1.64. The van der Waals surface area contributed by atoms with Gasteiger partial charge in [0.05, 0.1) is 49.7 Å². The topological polar surface area (TPSA) is 185 Å². The number of hydrogen-bond donors (Lipinski definition) is 3. The normalized spacial score (nSPS) is 13.5. The molecule has 0 aliphatic carbocycles. The third-order valence-corrected chi connectivity index (χ3v) is 10.5. The molecule has 18 heteroatoms. The summed E-state index contributed by atoms with van der Waals surface area (Å²) in [4.78, 5) is 82.5. The quantitative estimate of drug-likeness (QED) is 0.0272. The molecule has 3 atom stereocenters. The Balaban J connectivity index is 5.65. The Hall–Kier alpha value is -2.53. The number of ketones is 1. The molecule has 0 fully saturated rings. The number of Topliss-reactive ketones (excluding diaryl/α,β-unsaturated/α-hetero) is 1. The second-order valence-electron chi connectivity index (χ2n) is 16.9. The lowest BCUT2D eigenvalue weighted by atomic mass is 9.89. The van der Waals surface area contributed by atoms with Gasteiger partial charge in [-0.2, -0.15) is 9.12 Å². The van der Waals surface area contributed by atoms with E-state index in [2.05, 4.69) is 30.0 Å². The summed E-state index contributed by atoms with van der Waals surface area (Å²) >= 11 is 0. The zero-order chi connectivity index (χ0) is 45.8. The molecule has 0 saturated carbocycles. The van der Waals surface area contributed by atoms with Crippen LogP contribution < -0.4 is 16.0 Å². The van der Waals surface area contributed by atoms with E-state index in [0.717, 1.165) is 6.54 Å². The van der Waals surface area contributed by atoms with Gasteiger partial charge in [0.15, 0.2) is 0 Å². The van der Waals surface area contributed by atoms with Gasteiger partial charge in [-0.15, -0.1) is 0 Å². The van der Waals surface area contributed by atoms with Crippen molar-refractivity contribution in [3.05, 3.63) is 0 Å². The number of nitrogens with one attached hydrogen (secondary N) is 3. The number of carbonyl (C=O) groups excluding carboxylic acids is 6. The summed E-state index contributed by atoms with van der Waals surface area (Å²) < 4.78 is 24.1. The minimum absolute atomic E-state index is 0.00517. The molecule has 0 aromatic heterocycles. The van der Waals surface area contributed by atoms with Crippen molar-refractivity contribution in [3.63, 3.8) is 0 Å². The standard InChI is InChI=1S/C42H81BN6O10P/c1-12-44-29-38(54)58-42(59-39(55)32-49(11)15-4,21-17-16-18-34(50)31-48(10)14-3)26-33(30-47(9)13-2)28-46-37(53)20-19-36(52)45-23-25-57-40(5,6)22-24-56-41(7,8)27-35(51)43-60/h33,44H,12-32,60H2,1-11H3,(H,45,52)(H,46,53)/t33?,42-/m0/s1. The van der Waals surface area contributed by atoms with Crippen molar-refractivity contribution in [2.24, 2.45) is 5.92 Å². The van der Waals surface area contributed by atoms with Crippen LogP contribution in [0.4, 0.5) is 0 Å². The zero-order valence-corrected chi connectivity index (χ0v) is 40.2. The number of amides is 2. The highest BCUT2D eigenvalue weighted by Gasteiger charge is 2.41. The van der Waals surface area contributed by atoms with Gasteiger partial charge in [0.25, 0.3) is 5.79 Å². The maximum atomic E-state index is 13.4. The molecule has 0 aliphatic rings. The lowest BCUT2D eigenvalue weighted by molar-refractivity contribution is -0.238. The molecule has 0 spiro atoms. The van der Waals surface area contributed by atoms with Crippen LogP contribution in [0.3, 0.4) is 0 Å². The first kappa shape index (κ1) is 57.5. The molecule has 3 N–H and O–H groups in total. The predicted octanol–water partition coefficient (Wildman–Crippen LogP) is 2.77. The highest BCUT2D eigenvalue weighted by molar-refractivity contribution is 7.62. The Bertz CT molecular complexity index is 1300. The Morgan fingerprint density at radius 2 is 1.28 bits per heavy atom. The summed E-state index contributed by atoms with van der Waals surface area (Å²) in [5.41, 5.74) is -1.11. The van der Waals surface area contributed by atoms with E-state index in [1.807, 2.05) is 74.4 Å². The molecule has 0 heterocycles. The van der Waals surface area contributed by atoms with Gasteiger partial charge in [-0.25, -0.2) is 0 Å². The average molecular weight is 872 g/mol. The van der Waals surface area contributed by atoms with Crippen molar-refractivity contribution in [2.75, 3.05) is 99.8 Å². The van der Waals surface area contributed by atoms with E-state index in [1.54, 1.807) is 11.9 Å². The molecule has 0 rings (SSSR count). The van der Waals surface area contributed by atoms with Crippen LogP contribution in [0.25, 0.3) is 0 Å². The Kier molecular flexibility index (Phi) is 30.0. The average Bonchev–Trinajstić information content (AvgIpc) is 3.17. The maximum Gasteiger partial charge on any atom is 0.323 e. The summed E-state index contributed by atoms with van der Waals surface area (Å²) in [7, 11) is 7.94. The third kappa shape index (κ3) is 28.9. The van der Waals surface area contributed by atoms with Crippen LogP contribution >= 0.6 is 9.12 Å². The molecular weight excluding hydrogens is 790 g/mol. The SMILES string of the molecule is CCNCC(=O)O[C@](CCCCC(=O)CN(C)CC)(CC(CNC(=O)CCC(=O)NCCOC(C)(C)CCOC(C)(C)CC(=O)[B]P)CN(C)CC)OC(=O)CN(C)CC. The molecule has 2 unspecified atom stereocenters. The van der Waals surface area contributed by atoms with E-state index in [1.165, 1.54) is 7.00 Å². The van der Waals surface area contributed by atoms with Crippen LogP contribution in [-0.2, 0) is 47.7 Å². The largest absolute Gasteiger partial charge is 0.422 e. The molecular formula is C42H81BN6O10P. The van der Waals surface area contributed by atoms with E-state index in [9.17, 15) is 28.8 Å². The molecule has 2 amide bonds. The zero-order valence-electron chi connectivity index (χ0n) is 39.0. The van der Waals surface area contributed by atoms with Crippen LogP contribution in [0, 0.1) is 5.92 Å². The number of nitrogens with zero attached hydrogens (tertiary/aromatic N) is 3. The lowest BCUT2D eigenvalue weighted by Gasteiger charge is -2.37. The number of hydrogen-bond acceptors (Lipinski definition) is 14. The summed E-state index contributed by atoms with van der Waals surface area (Å²) in [6, 6.07) is 0. The second-order valence-corrected chi connectivity index (χ2v) is 17.2. The van der Waals surface area contributed by atoms with Gasteiger partial charge in [0.2, 0.25) is 18.8 Å². The first-order valence-corrected chi connectivity index (χ1v) is 22.4. The van der Waals surface area contributed by atoms with Crippen LogP contribution in [-0.4, -0.2) is 174 Å². The highest BCUT2D eigenvalue weighted by Crippen LogP contribution is 2.31. The predicted molar refractivity (Wildman–Crippen MR) is 240 cm³/mol. The first-order valence-electron chi connectivity index (χ1n) is 21.7. The summed E-state index contributed by atoms with van der Waals surface area (Å²) in [6.45, 7) is 21.3. The molecule has 16 nitrogen and oxygen atoms in total. The van der Waals surface area contributed by atoms with Crippen molar-refractivity contribution in [2.45, 2.75) is 130 Å². The molecule has 0 aliphatic heterocycles. The van der Waals surface area contributed by atoms with Crippen molar-refractivity contribution < 1.29 is 47.7 Å². The summed E-state index contributed by atoms with van der Waals surface area (Å²) in [6.07, 6.45) is 2.42. The van der Waals surface area contributed by atoms with Crippen LogP contribution in [0.15, 0.2) is 0 Å². The van der Waals surface area contributed by atoms with Crippen LogP contribution in [0.2, 0.25) is 0 Å². The van der Waals surface area contributed by atoms with Gasteiger partial charge in [0.1, 0.15) is 5.78 Å². The van der Waals surface area contributed by atoms with Crippen molar-refractivity contribution in [1.82, 2.24) is 30.7 Å². The van der Waals surface area contributed by atoms with Crippen molar-refractivity contribution >= 4 is 51.3 Å². The van der Waals surface area contributed by atoms with Gasteiger partial charge < -0.3 is 44.6 Å². The molecule has 1 radical (unpaired) electrons. The van der Waals surface area contributed by atoms with E-state index in [0.29, 0.717) is 65.0 Å². The van der Waals surface area contributed by atoms with E-state index in [-0.39, 0.29) is 94.1 Å². The minimum Gasteiger partial charge on any atom is -0.422 e. The van der Waals surface area contributed by atoms with Gasteiger partial charge in [-0.3, -0.25) is 33.8 Å². The molecule has 0 bridgehead atoms. The monoisotopic (exact) mass is 872 g/mol. The number of rotatable bonds is 37. The third-order valence-electron chi connectivity index (χ3n) is 10.1. The molecule has 0 aromatic carbocycles. The van der Waals surface area contributed by atoms with Gasteiger partial charge in [-0.05, 0) is 100 Å². The Morgan fingerprint density at radius 3 is 1.88 bits per heavy atom. The van der Waals surface area contributed by atoms with E-state index >= 15 is 0 Å². The summed E-state index contributed by atoms with van der Waals surface area (Å²) in [5, 5.41) is 8.74. The number of carbonyl (C=O) groups is 6.